The molecule has 16 nitrogen and oxygen atoms in total. The van der Waals surface area contributed by atoms with Crippen LogP contribution in [0.1, 0.15) is 76.8 Å². The van der Waals surface area contributed by atoms with Crippen molar-refractivity contribution >= 4 is 41.2 Å². The Morgan fingerprint density at radius 2 is 1.61 bits per heavy atom. The van der Waals surface area contributed by atoms with Crippen LogP contribution in [0, 0.1) is 11.3 Å². The summed E-state index contributed by atoms with van der Waals surface area (Å²) in [4.78, 5) is 83.7. The van der Waals surface area contributed by atoms with Crippen molar-refractivity contribution < 1.29 is 33.4 Å². The van der Waals surface area contributed by atoms with Crippen LogP contribution >= 0.6 is 0 Å². The molecule has 1 saturated carbocycles. The van der Waals surface area contributed by atoms with Gasteiger partial charge in [-0.2, -0.15) is 5.26 Å². The predicted molar refractivity (Wildman–Crippen MR) is 236 cm³/mol. The average Bonchev–Trinajstić information content (AvgIpc) is 3.56. The summed E-state index contributed by atoms with van der Waals surface area (Å²) < 4.78 is 13.4. The van der Waals surface area contributed by atoms with E-state index < -0.39 is 29.7 Å². The Hall–Kier alpha value is -7.80. The molecule has 2 aliphatic heterocycles. The molecule has 1 saturated heterocycles. The van der Waals surface area contributed by atoms with E-state index in [0.717, 1.165) is 53.0 Å². The van der Waals surface area contributed by atoms with Crippen LogP contribution in [0.2, 0.25) is 0 Å². The predicted octanol–water partition coefficient (Wildman–Crippen LogP) is 5.71. The number of imide groups is 2. The second-order valence-electron chi connectivity index (χ2n) is 16.0. The molecule has 64 heavy (non-hydrogen) atoms. The summed E-state index contributed by atoms with van der Waals surface area (Å²) in [6.45, 7) is 0.780. The molecule has 4 heterocycles. The molecule has 0 spiro atoms. The highest BCUT2D eigenvalue weighted by Crippen LogP contribution is 2.34. The number of hydrogen-bond acceptors (Lipinski definition) is 11. The second kappa shape index (κ2) is 19.1. The van der Waals surface area contributed by atoms with Gasteiger partial charge in [0.1, 0.15) is 29.4 Å². The first-order valence-electron chi connectivity index (χ1n) is 21.2. The zero-order valence-corrected chi connectivity index (χ0v) is 35.1. The van der Waals surface area contributed by atoms with Crippen LogP contribution in [0.3, 0.4) is 0 Å². The molecule has 1 atom stereocenters. The Morgan fingerprint density at radius 1 is 0.859 bits per heavy atom. The summed E-state index contributed by atoms with van der Waals surface area (Å²) in [7, 11) is 1.71. The van der Waals surface area contributed by atoms with Gasteiger partial charge < -0.3 is 24.7 Å². The first kappa shape index (κ1) is 42.9. The van der Waals surface area contributed by atoms with Gasteiger partial charge in [-0.05, 0) is 103 Å². The van der Waals surface area contributed by atoms with Crippen molar-refractivity contribution in [2.24, 2.45) is 7.05 Å². The molecule has 1 aliphatic carbocycles. The second-order valence-corrected chi connectivity index (χ2v) is 16.0. The average molecular weight is 863 g/mol. The van der Waals surface area contributed by atoms with Crippen LogP contribution in [-0.4, -0.2) is 75.5 Å². The van der Waals surface area contributed by atoms with Gasteiger partial charge in [0.25, 0.3) is 11.8 Å². The highest BCUT2D eigenvalue weighted by Gasteiger charge is 2.46. The molecule has 6 amide bonds. The molecule has 0 bridgehead atoms. The number of urea groups is 1. The number of pyridine rings is 2. The molecule has 3 aromatic carbocycles. The van der Waals surface area contributed by atoms with Gasteiger partial charge in [-0.3, -0.25) is 39.1 Å². The normalized spacial score (nSPS) is 18.1. The maximum atomic E-state index is 14.1. The molecule has 2 aromatic heterocycles. The number of aryl methyl sites for hydroxylation is 1. The Bertz CT molecular complexity index is 2670. The molecular weight excluding hydrogens is 817 g/mol. The van der Waals surface area contributed by atoms with E-state index in [1.165, 1.54) is 16.7 Å². The number of ether oxygens (including phenoxy) is 2. The van der Waals surface area contributed by atoms with Gasteiger partial charge in [0.05, 0.1) is 29.9 Å². The number of nitrogens with zero attached hydrogens (tertiary/aromatic N) is 5. The fraction of sp³-hybridized carbons (Fsp3) is 0.292. The van der Waals surface area contributed by atoms with Crippen molar-refractivity contribution in [3.05, 3.63) is 136 Å². The topological polar surface area (TPSA) is 205 Å². The molecule has 3 aliphatic rings. The van der Waals surface area contributed by atoms with Crippen molar-refractivity contribution in [2.75, 3.05) is 23.4 Å². The van der Waals surface area contributed by atoms with E-state index in [1.807, 2.05) is 53.4 Å². The summed E-state index contributed by atoms with van der Waals surface area (Å²) in [6, 6.07) is 27.7. The lowest BCUT2D eigenvalue weighted by molar-refractivity contribution is -0.136. The molecule has 1 unspecified atom stereocenters. The number of nitrogens with one attached hydrogen (secondary N) is 3. The number of aromatic nitrogens is 2. The standard InChI is InChI=1S/C48H46N8O8/c1-54-29-33(11-23-43(54)58)32-9-14-35(15-10-32)55(36-16-12-34(13-17-36)52-41-21-8-31(26-49)28-50-41)48(62)51-27-30-6-18-37(19-7-30)63-24-3-25-64-40-5-2-4-38-44(40)47(61)56(46(38)60)39-20-22-42(57)53-45(39)59/h2,4-11,14-15,18-19,21,23,28-29,34,36,39H,3,12-13,16-17,20,22,24-25,27H2,1H3,(H,50,52)(H,51,62)(H,53,57,59). The van der Waals surface area contributed by atoms with E-state index in [1.54, 1.807) is 49.8 Å². The number of amides is 6. The van der Waals surface area contributed by atoms with Crippen molar-refractivity contribution in [1.29, 1.82) is 5.26 Å². The number of anilines is 2. The summed E-state index contributed by atoms with van der Waals surface area (Å²) in [5, 5.41) is 17.9. The molecule has 3 N–H and O–H groups in total. The zero-order valence-electron chi connectivity index (χ0n) is 35.1. The lowest BCUT2D eigenvalue weighted by Gasteiger charge is -2.37. The summed E-state index contributed by atoms with van der Waals surface area (Å²) in [6.07, 6.45) is 7.06. The number of benzene rings is 3. The minimum absolute atomic E-state index is 0.0344. The number of carbonyl (C=O) groups is 5. The maximum Gasteiger partial charge on any atom is 0.322 e. The number of fused-ring (bicyclic) bond motifs is 1. The van der Waals surface area contributed by atoms with E-state index in [2.05, 4.69) is 27.0 Å². The molecule has 0 radical (unpaired) electrons. The van der Waals surface area contributed by atoms with Gasteiger partial charge in [-0.15, -0.1) is 0 Å². The zero-order chi connectivity index (χ0) is 44.7. The van der Waals surface area contributed by atoms with Crippen molar-refractivity contribution in [3.8, 4) is 28.7 Å². The van der Waals surface area contributed by atoms with Crippen LogP contribution in [-0.2, 0) is 23.2 Å². The van der Waals surface area contributed by atoms with Gasteiger partial charge in [0.15, 0.2) is 0 Å². The Kier molecular flexibility index (Phi) is 12.8. The summed E-state index contributed by atoms with van der Waals surface area (Å²) in [5.41, 5.74) is 4.10. The van der Waals surface area contributed by atoms with Crippen molar-refractivity contribution in [2.45, 2.75) is 69.6 Å². The third-order valence-electron chi connectivity index (χ3n) is 11.7. The van der Waals surface area contributed by atoms with Gasteiger partial charge >= 0.3 is 6.03 Å². The summed E-state index contributed by atoms with van der Waals surface area (Å²) >= 11 is 0. The fourth-order valence-corrected chi connectivity index (χ4v) is 8.31. The lowest BCUT2D eigenvalue weighted by atomic mass is 9.89. The number of rotatable bonds is 14. The van der Waals surface area contributed by atoms with Crippen molar-refractivity contribution in [3.63, 3.8) is 0 Å². The Morgan fingerprint density at radius 3 is 2.31 bits per heavy atom. The van der Waals surface area contributed by atoms with Crippen LogP contribution in [0.5, 0.6) is 11.5 Å². The highest BCUT2D eigenvalue weighted by atomic mass is 16.5. The van der Waals surface area contributed by atoms with Crippen LogP contribution < -0.4 is 35.9 Å². The smallest absolute Gasteiger partial charge is 0.322 e. The largest absolute Gasteiger partial charge is 0.493 e. The van der Waals surface area contributed by atoms with Crippen LogP contribution in [0.15, 0.2) is 108 Å². The highest BCUT2D eigenvalue weighted by molar-refractivity contribution is 6.24. The number of nitriles is 1. The minimum Gasteiger partial charge on any atom is -0.493 e. The van der Waals surface area contributed by atoms with E-state index in [-0.39, 0.29) is 66.5 Å². The van der Waals surface area contributed by atoms with Gasteiger partial charge in [0, 0.05) is 62.7 Å². The number of carbonyl (C=O) groups excluding carboxylic acids is 5. The van der Waals surface area contributed by atoms with Gasteiger partial charge in [-0.25, -0.2) is 9.78 Å². The van der Waals surface area contributed by atoms with Gasteiger partial charge in [-0.1, -0.05) is 30.3 Å². The SMILES string of the molecule is Cn1cc(-c2ccc(N(C(=O)NCc3ccc(OCCCOc4cccc5c4C(=O)N(C4CCC(=O)NC4=O)C5=O)cc3)C3CCC(Nc4ccc(C#N)cn4)CC3)cc2)ccc1=O. The summed E-state index contributed by atoms with van der Waals surface area (Å²) in [5.74, 6) is -0.773. The molecule has 16 heteroatoms. The monoisotopic (exact) mass is 862 g/mol. The third-order valence-corrected chi connectivity index (χ3v) is 11.7. The van der Waals surface area contributed by atoms with Crippen LogP contribution in [0.4, 0.5) is 16.3 Å². The maximum absolute atomic E-state index is 14.1. The first-order valence-corrected chi connectivity index (χ1v) is 21.2. The van der Waals surface area contributed by atoms with Crippen molar-refractivity contribution in [1.82, 2.24) is 25.1 Å². The minimum atomic E-state index is -1.06. The molecule has 2 fully saturated rings. The van der Waals surface area contributed by atoms with E-state index in [0.29, 0.717) is 30.2 Å². The first-order chi connectivity index (χ1) is 31.1. The van der Waals surface area contributed by atoms with Gasteiger partial charge in [0.2, 0.25) is 17.4 Å². The van der Waals surface area contributed by atoms with E-state index in [4.69, 9.17) is 14.7 Å². The van der Waals surface area contributed by atoms with E-state index in [9.17, 15) is 28.8 Å². The lowest BCUT2D eigenvalue weighted by Crippen LogP contribution is -2.54. The molecule has 326 valence electrons. The Balaban J connectivity index is 0.849. The third kappa shape index (κ3) is 9.48. The molecule has 8 rings (SSSR count). The fourth-order valence-electron chi connectivity index (χ4n) is 8.31. The molecular formula is C48H46N8O8. The van der Waals surface area contributed by atoms with Crippen LogP contribution in [0.25, 0.3) is 11.1 Å². The molecule has 5 aromatic rings. The number of piperidine rings is 1. The number of hydrogen-bond donors (Lipinski definition) is 3. The van der Waals surface area contributed by atoms with E-state index >= 15 is 0 Å². The quantitative estimate of drug-likeness (QED) is 0.0912. The Labute approximate surface area is 368 Å².